The topological polar surface area (TPSA) is 78.5 Å². The zero-order valence-electron chi connectivity index (χ0n) is 15.4. The van der Waals surface area contributed by atoms with Crippen molar-refractivity contribution in [2.45, 2.75) is 6.29 Å². The van der Waals surface area contributed by atoms with Gasteiger partial charge in [-0.2, -0.15) is 0 Å². The Morgan fingerprint density at radius 1 is 1.00 bits per heavy atom. The summed E-state index contributed by atoms with van der Waals surface area (Å²) < 4.78 is 21.5. The van der Waals surface area contributed by atoms with Crippen molar-refractivity contribution in [2.24, 2.45) is 10.7 Å². The molecule has 1 aliphatic heterocycles. The van der Waals surface area contributed by atoms with E-state index in [0.29, 0.717) is 24.0 Å². The molecule has 1 heterocycles. The lowest BCUT2D eigenvalue weighted by Crippen LogP contribution is -2.29. The van der Waals surface area contributed by atoms with E-state index in [2.05, 4.69) is 9.89 Å². The number of aliphatic imine (C=N–C) groups is 1. The molecule has 0 radical (unpaired) electrons. The minimum absolute atomic E-state index is 0.405. The van der Waals surface area contributed by atoms with Crippen LogP contribution in [0.15, 0.2) is 41.4 Å². The van der Waals surface area contributed by atoms with Crippen molar-refractivity contribution < 1.29 is 18.9 Å². The third-order valence-electron chi connectivity index (χ3n) is 4.33. The Bertz CT molecular complexity index is 818. The zero-order chi connectivity index (χ0) is 18.7. The Morgan fingerprint density at radius 3 is 2.35 bits per heavy atom. The monoisotopic (exact) mass is 357 g/mol. The maximum absolute atomic E-state index is 6.11. The van der Waals surface area contributed by atoms with Crippen molar-refractivity contribution >= 4 is 17.2 Å². The molecule has 1 aliphatic rings. The van der Waals surface area contributed by atoms with Gasteiger partial charge in [0.2, 0.25) is 0 Å². The number of fused-ring (bicyclic) bond motifs is 1. The van der Waals surface area contributed by atoms with Gasteiger partial charge < -0.3 is 29.6 Å². The molecule has 7 nitrogen and oxygen atoms in total. The Morgan fingerprint density at radius 2 is 1.69 bits per heavy atom. The standard InChI is InChI=1S/C19H23N3O4/c1-23-16-9-14-15(10-17(16)24-2)22(11-21-18(14)20)13-7-5-6-12(8-13)19(25-3)26-4/h5-10,19H,11H2,1-4H3,(H2,20,21). The van der Waals surface area contributed by atoms with E-state index in [9.17, 15) is 0 Å². The predicted octanol–water partition coefficient (Wildman–Crippen LogP) is 2.81. The first kappa shape index (κ1) is 18.0. The van der Waals surface area contributed by atoms with Crippen LogP contribution in [-0.2, 0) is 9.47 Å². The van der Waals surface area contributed by atoms with Gasteiger partial charge in [-0.3, -0.25) is 0 Å². The third kappa shape index (κ3) is 3.18. The van der Waals surface area contributed by atoms with E-state index < -0.39 is 6.29 Å². The van der Waals surface area contributed by atoms with E-state index in [0.717, 1.165) is 22.5 Å². The second kappa shape index (κ2) is 7.63. The molecular formula is C19H23N3O4. The van der Waals surface area contributed by atoms with Crippen LogP contribution in [0.25, 0.3) is 0 Å². The summed E-state index contributed by atoms with van der Waals surface area (Å²) in [6.07, 6.45) is -0.432. The molecule has 0 aromatic heterocycles. The molecule has 0 saturated carbocycles. The van der Waals surface area contributed by atoms with Crippen molar-refractivity contribution in [3.05, 3.63) is 47.5 Å². The molecule has 7 heteroatoms. The molecule has 2 aromatic rings. The van der Waals surface area contributed by atoms with Crippen molar-refractivity contribution in [1.82, 2.24) is 0 Å². The summed E-state index contributed by atoms with van der Waals surface area (Å²) in [6.45, 7) is 0.405. The minimum Gasteiger partial charge on any atom is -0.493 e. The highest BCUT2D eigenvalue weighted by Crippen LogP contribution is 2.40. The smallest absolute Gasteiger partial charge is 0.183 e. The van der Waals surface area contributed by atoms with Gasteiger partial charge in [-0.25, -0.2) is 4.99 Å². The summed E-state index contributed by atoms with van der Waals surface area (Å²) in [6, 6.07) is 11.7. The number of amidine groups is 1. The fourth-order valence-electron chi connectivity index (χ4n) is 3.03. The number of nitrogens with zero attached hydrogens (tertiary/aromatic N) is 2. The zero-order valence-corrected chi connectivity index (χ0v) is 15.4. The minimum atomic E-state index is -0.432. The number of rotatable bonds is 6. The predicted molar refractivity (Wildman–Crippen MR) is 100 cm³/mol. The van der Waals surface area contributed by atoms with Gasteiger partial charge in [-0.05, 0) is 18.2 Å². The van der Waals surface area contributed by atoms with Crippen LogP contribution in [0, 0.1) is 0 Å². The molecule has 138 valence electrons. The van der Waals surface area contributed by atoms with E-state index >= 15 is 0 Å². The second-order valence-corrected chi connectivity index (χ2v) is 5.74. The summed E-state index contributed by atoms with van der Waals surface area (Å²) in [7, 11) is 6.42. The van der Waals surface area contributed by atoms with Crippen LogP contribution in [-0.4, -0.2) is 40.9 Å². The van der Waals surface area contributed by atoms with Gasteiger partial charge in [0.05, 0.1) is 19.9 Å². The maximum atomic E-state index is 6.11. The van der Waals surface area contributed by atoms with Crippen LogP contribution < -0.4 is 20.1 Å². The van der Waals surface area contributed by atoms with Crippen LogP contribution in [0.5, 0.6) is 11.5 Å². The average molecular weight is 357 g/mol. The first-order chi connectivity index (χ1) is 12.6. The molecule has 0 amide bonds. The summed E-state index contributed by atoms with van der Waals surface area (Å²) in [5.74, 6) is 1.72. The second-order valence-electron chi connectivity index (χ2n) is 5.74. The lowest BCUT2D eigenvalue weighted by Gasteiger charge is -2.30. The van der Waals surface area contributed by atoms with Gasteiger partial charge in [-0.1, -0.05) is 12.1 Å². The third-order valence-corrected chi connectivity index (χ3v) is 4.33. The van der Waals surface area contributed by atoms with Crippen LogP contribution in [0.4, 0.5) is 11.4 Å². The number of ether oxygens (including phenoxy) is 4. The number of nitrogens with two attached hydrogens (primary N) is 1. The van der Waals surface area contributed by atoms with Gasteiger partial charge >= 0.3 is 0 Å². The average Bonchev–Trinajstić information content (AvgIpc) is 2.68. The summed E-state index contributed by atoms with van der Waals surface area (Å²) in [5, 5.41) is 0. The molecule has 0 aliphatic carbocycles. The molecule has 0 bridgehead atoms. The normalized spacial score (nSPS) is 13.4. The molecule has 2 N–H and O–H groups in total. The highest BCUT2D eigenvalue weighted by Gasteiger charge is 2.24. The van der Waals surface area contributed by atoms with E-state index in [1.165, 1.54) is 0 Å². The molecule has 26 heavy (non-hydrogen) atoms. The molecule has 0 saturated heterocycles. The van der Waals surface area contributed by atoms with Crippen molar-refractivity contribution in [3.63, 3.8) is 0 Å². The number of methoxy groups -OCH3 is 4. The lowest BCUT2D eigenvalue weighted by atomic mass is 10.1. The van der Waals surface area contributed by atoms with Gasteiger partial charge in [0, 0.05) is 37.1 Å². The van der Waals surface area contributed by atoms with E-state index in [4.69, 9.17) is 24.7 Å². The van der Waals surface area contributed by atoms with Crippen LogP contribution >= 0.6 is 0 Å². The molecule has 3 rings (SSSR count). The van der Waals surface area contributed by atoms with Gasteiger partial charge in [0.25, 0.3) is 0 Å². The first-order valence-corrected chi connectivity index (χ1v) is 8.12. The van der Waals surface area contributed by atoms with E-state index in [1.807, 2.05) is 36.4 Å². The quantitative estimate of drug-likeness (QED) is 0.801. The molecule has 0 unspecified atom stereocenters. The molecule has 0 fully saturated rings. The van der Waals surface area contributed by atoms with Crippen LogP contribution in [0.1, 0.15) is 17.4 Å². The Hall–Kier alpha value is -2.77. The molecule has 0 atom stereocenters. The number of anilines is 2. The summed E-state index contributed by atoms with van der Waals surface area (Å²) in [5.41, 5.74) is 9.68. The number of hydrogen-bond acceptors (Lipinski definition) is 7. The lowest BCUT2D eigenvalue weighted by molar-refractivity contribution is -0.105. The Labute approximate surface area is 152 Å². The highest BCUT2D eigenvalue weighted by molar-refractivity contribution is 6.05. The van der Waals surface area contributed by atoms with Gasteiger partial charge in [0.15, 0.2) is 17.8 Å². The van der Waals surface area contributed by atoms with Crippen LogP contribution in [0.3, 0.4) is 0 Å². The van der Waals surface area contributed by atoms with Gasteiger partial charge in [0.1, 0.15) is 12.5 Å². The SMILES string of the molecule is COc1cc2c(cc1OC)N(c1cccc(C(OC)OC)c1)CN=C2N. The first-order valence-electron chi connectivity index (χ1n) is 8.12. The van der Waals surface area contributed by atoms with E-state index in [1.54, 1.807) is 28.4 Å². The molecule has 0 spiro atoms. The highest BCUT2D eigenvalue weighted by atomic mass is 16.7. The maximum Gasteiger partial charge on any atom is 0.183 e. The summed E-state index contributed by atoms with van der Waals surface area (Å²) >= 11 is 0. The Balaban J connectivity index is 2.08. The summed E-state index contributed by atoms with van der Waals surface area (Å²) in [4.78, 5) is 6.49. The van der Waals surface area contributed by atoms with Gasteiger partial charge in [-0.15, -0.1) is 0 Å². The van der Waals surface area contributed by atoms with Crippen LogP contribution in [0.2, 0.25) is 0 Å². The molecule has 2 aromatic carbocycles. The van der Waals surface area contributed by atoms with Crippen molar-refractivity contribution in [3.8, 4) is 11.5 Å². The fourth-order valence-corrected chi connectivity index (χ4v) is 3.03. The molecular weight excluding hydrogens is 334 g/mol. The van der Waals surface area contributed by atoms with Crippen molar-refractivity contribution in [2.75, 3.05) is 40.0 Å². The number of hydrogen-bond donors (Lipinski definition) is 1. The Kier molecular flexibility index (Phi) is 5.29. The fraction of sp³-hybridized carbons (Fsp3) is 0.316. The van der Waals surface area contributed by atoms with Crippen molar-refractivity contribution in [1.29, 1.82) is 0 Å². The number of benzene rings is 2. The van der Waals surface area contributed by atoms with E-state index in [-0.39, 0.29) is 0 Å². The largest absolute Gasteiger partial charge is 0.493 e.